The van der Waals surface area contributed by atoms with Crippen LogP contribution in [0.4, 0.5) is 13.2 Å². The Morgan fingerprint density at radius 1 is 1.39 bits per heavy atom. The van der Waals surface area contributed by atoms with Crippen molar-refractivity contribution in [1.29, 1.82) is 0 Å². The van der Waals surface area contributed by atoms with Crippen LogP contribution in [0.2, 0.25) is 0 Å². The van der Waals surface area contributed by atoms with Crippen LogP contribution in [0.3, 0.4) is 0 Å². The second kappa shape index (κ2) is 3.74. The minimum absolute atomic E-state index is 0.0265. The second-order valence-corrected chi connectivity index (χ2v) is 6.02. The Morgan fingerprint density at radius 2 is 2.17 bits per heavy atom. The van der Waals surface area contributed by atoms with Gasteiger partial charge in [0, 0.05) is 6.54 Å². The molecule has 2 unspecified atom stereocenters. The molecule has 0 aliphatic carbocycles. The van der Waals surface area contributed by atoms with Crippen molar-refractivity contribution in [2.45, 2.75) is 23.4 Å². The zero-order valence-corrected chi connectivity index (χ0v) is 10.1. The van der Waals surface area contributed by atoms with Crippen LogP contribution in [0.1, 0.15) is 17.5 Å². The van der Waals surface area contributed by atoms with Gasteiger partial charge in [-0.25, -0.2) is 0 Å². The van der Waals surface area contributed by atoms with Crippen LogP contribution in [0.5, 0.6) is 0 Å². The Morgan fingerprint density at radius 3 is 2.72 bits per heavy atom. The first-order chi connectivity index (χ1) is 8.41. The van der Waals surface area contributed by atoms with Gasteiger partial charge in [-0.05, 0) is 18.1 Å². The standard InChI is InChI=1S/C12H10F3NOS/c13-12(14,15)8-3-1-2-7(4-8)11-5-9(16-6-11)10(17)18-11/h1-4,9,16H,5-6H2. The molecule has 6 heteroatoms. The lowest BCUT2D eigenvalue weighted by Crippen LogP contribution is -2.34. The average Bonchev–Trinajstić information content (AvgIpc) is 2.86. The van der Waals surface area contributed by atoms with Gasteiger partial charge < -0.3 is 5.32 Å². The highest BCUT2D eigenvalue weighted by molar-refractivity contribution is 8.15. The summed E-state index contributed by atoms with van der Waals surface area (Å²) in [6.07, 6.45) is -3.76. The summed E-state index contributed by atoms with van der Waals surface area (Å²) in [5, 5.41) is 3.08. The van der Waals surface area contributed by atoms with Crippen molar-refractivity contribution in [3.63, 3.8) is 0 Å². The SMILES string of the molecule is O=C1SC2(c3cccc(C(F)(F)F)c3)CNC1C2. The number of hydrogen-bond acceptors (Lipinski definition) is 3. The summed E-state index contributed by atoms with van der Waals surface area (Å²) in [5.74, 6) is 0. The molecule has 0 aromatic heterocycles. The zero-order chi connectivity index (χ0) is 13.0. The van der Waals surface area contributed by atoms with E-state index >= 15 is 0 Å². The first-order valence-electron chi connectivity index (χ1n) is 5.55. The zero-order valence-electron chi connectivity index (χ0n) is 9.25. The van der Waals surface area contributed by atoms with Gasteiger partial charge in [0.05, 0.1) is 16.4 Å². The van der Waals surface area contributed by atoms with E-state index < -0.39 is 16.5 Å². The minimum atomic E-state index is -4.34. The van der Waals surface area contributed by atoms with E-state index in [9.17, 15) is 18.0 Å². The average molecular weight is 273 g/mol. The van der Waals surface area contributed by atoms with Crippen LogP contribution >= 0.6 is 11.8 Å². The van der Waals surface area contributed by atoms with E-state index in [0.717, 1.165) is 12.1 Å². The van der Waals surface area contributed by atoms with Crippen molar-refractivity contribution in [2.75, 3.05) is 6.54 Å². The van der Waals surface area contributed by atoms with Crippen LogP contribution in [0.25, 0.3) is 0 Å². The quantitative estimate of drug-likeness (QED) is 0.852. The maximum absolute atomic E-state index is 12.7. The number of rotatable bonds is 1. The molecule has 2 heterocycles. The van der Waals surface area contributed by atoms with Gasteiger partial charge in [-0.15, -0.1) is 0 Å². The number of carbonyl (C=O) groups is 1. The van der Waals surface area contributed by atoms with Gasteiger partial charge >= 0.3 is 6.18 Å². The molecular formula is C12H10F3NOS. The van der Waals surface area contributed by atoms with E-state index in [1.54, 1.807) is 6.07 Å². The topological polar surface area (TPSA) is 29.1 Å². The van der Waals surface area contributed by atoms with E-state index in [2.05, 4.69) is 5.32 Å². The fourth-order valence-electron chi connectivity index (χ4n) is 2.53. The van der Waals surface area contributed by atoms with Crippen molar-refractivity contribution in [1.82, 2.24) is 5.32 Å². The lowest BCUT2D eigenvalue weighted by atomic mass is 9.94. The summed E-state index contributed by atoms with van der Waals surface area (Å²) in [6.45, 7) is 0.551. The number of alkyl halides is 3. The monoisotopic (exact) mass is 273 g/mol. The summed E-state index contributed by atoms with van der Waals surface area (Å²) in [7, 11) is 0. The Kier molecular flexibility index (Phi) is 2.50. The molecule has 0 amide bonds. The molecular weight excluding hydrogens is 263 g/mol. The highest BCUT2D eigenvalue weighted by Crippen LogP contribution is 2.51. The lowest BCUT2D eigenvalue weighted by molar-refractivity contribution is -0.137. The number of hydrogen-bond donors (Lipinski definition) is 1. The second-order valence-electron chi connectivity index (χ2n) is 4.63. The Balaban J connectivity index is 2.01. The summed E-state index contributed by atoms with van der Waals surface area (Å²) < 4.78 is 37.5. The van der Waals surface area contributed by atoms with E-state index in [4.69, 9.17) is 0 Å². The molecule has 2 fully saturated rings. The predicted octanol–water partition coefficient (Wildman–Crippen LogP) is 2.54. The molecule has 0 saturated carbocycles. The van der Waals surface area contributed by atoms with Gasteiger partial charge in [-0.2, -0.15) is 13.2 Å². The summed E-state index contributed by atoms with van der Waals surface area (Å²) in [4.78, 5) is 11.6. The molecule has 2 saturated heterocycles. The molecule has 2 bridgehead atoms. The number of carbonyl (C=O) groups excluding carboxylic acids is 1. The largest absolute Gasteiger partial charge is 0.416 e. The fraction of sp³-hybridized carbons (Fsp3) is 0.417. The maximum atomic E-state index is 12.7. The highest BCUT2D eigenvalue weighted by Gasteiger charge is 2.52. The predicted molar refractivity (Wildman–Crippen MR) is 62.1 cm³/mol. The molecule has 1 N–H and O–H groups in total. The van der Waals surface area contributed by atoms with Crippen molar-refractivity contribution in [3.05, 3.63) is 35.4 Å². The third-order valence-electron chi connectivity index (χ3n) is 3.46. The molecule has 0 spiro atoms. The molecule has 3 rings (SSSR count). The number of fused-ring (bicyclic) bond motifs is 2. The Hall–Kier alpha value is -1.01. The van der Waals surface area contributed by atoms with E-state index in [1.165, 1.54) is 17.8 Å². The van der Waals surface area contributed by atoms with Gasteiger partial charge in [0.1, 0.15) is 0 Å². The molecule has 2 aliphatic rings. The summed E-state index contributed by atoms with van der Waals surface area (Å²) >= 11 is 1.17. The number of thioether (sulfide) groups is 1. The number of halogens is 3. The van der Waals surface area contributed by atoms with Crippen molar-refractivity contribution >= 4 is 16.9 Å². The van der Waals surface area contributed by atoms with Crippen molar-refractivity contribution in [2.24, 2.45) is 0 Å². The fourth-order valence-corrected chi connectivity index (χ4v) is 3.87. The van der Waals surface area contributed by atoms with E-state index in [1.807, 2.05) is 0 Å². The third-order valence-corrected chi connectivity index (χ3v) is 4.89. The molecule has 0 radical (unpaired) electrons. The van der Waals surface area contributed by atoms with Crippen LogP contribution in [0, 0.1) is 0 Å². The lowest BCUT2D eigenvalue weighted by Gasteiger charge is -2.25. The van der Waals surface area contributed by atoms with Crippen molar-refractivity contribution < 1.29 is 18.0 Å². The first-order valence-corrected chi connectivity index (χ1v) is 6.36. The Labute approximate surface area is 106 Å². The van der Waals surface area contributed by atoms with Crippen molar-refractivity contribution in [3.8, 4) is 0 Å². The molecule has 1 aromatic carbocycles. The first kappa shape index (κ1) is 12.0. The molecule has 2 aliphatic heterocycles. The van der Waals surface area contributed by atoms with E-state index in [0.29, 0.717) is 18.5 Å². The van der Waals surface area contributed by atoms with Gasteiger partial charge in [0.2, 0.25) is 5.12 Å². The van der Waals surface area contributed by atoms with Gasteiger partial charge in [0.25, 0.3) is 0 Å². The highest BCUT2D eigenvalue weighted by atomic mass is 32.2. The summed E-state index contributed by atoms with van der Waals surface area (Å²) in [6, 6.07) is 5.09. The van der Waals surface area contributed by atoms with Gasteiger partial charge in [0.15, 0.2) is 0 Å². The molecule has 18 heavy (non-hydrogen) atoms. The Bertz CT molecular complexity index is 516. The van der Waals surface area contributed by atoms with Crippen LogP contribution in [-0.4, -0.2) is 17.7 Å². The van der Waals surface area contributed by atoms with Crippen LogP contribution < -0.4 is 5.32 Å². The van der Waals surface area contributed by atoms with E-state index in [-0.39, 0.29) is 11.2 Å². The van der Waals surface area contributed by atoms with Gasteiger partial charge in [-0.3, -0.25) is 4.79 Å². The number of benzene rings is 1. The van der Waals surface area contributed by atoms with Crippen LogP contribution in [0.15, 0.2) is 24.3 Å². The minimum Gasteiger partial charge on any atom is -0.305 e. The molecule has 1 aromatic rings. The molecule has 2 atom stereocenters. The molecule has 2 nitrogen and oxygen atoms in total. The number of nitrogens with one attached hydrogen (secondary N) is 1. The maximum Gasteiger partial charge on any atom is 0.416 e. The molecule has 96 valence electrons. The normalized spacial score (nSPS) is 31.1. The summed E-state index contributed by atoms with van der Waals surface area (Å²) in [5.41, 5.74) is -0.0686. The van der Waals surface area contributed by atoms with Gasteiger partial charge in [-0.1, -0.05) is 30.0 Å². The smallest absolute Gasteiger partial charge is 0.305 e. The third kappa shape index (κ3) is 1.75. The van der Waals surface area contributed by atoms with Crippen LogP contribution in [-0.2, 0) is 15.7 Å².